The van der Waals surface area contributed by atoms with Gasteiger partial charge in [0.1, 0.15) is 0 Å². The van der Waals surface area contributed by atoms with Gasteiger partial charge in [0, 0.05) is 56.0 Å². The first-order chi connectivity index (χ1) is 13.2. The highest BCUT2D eigenvalue weighted by atomic mass is 79.9. The molecule has 0 aromatic heterocycles. The molecule has 3 rings (SSSR count). The zero-order valence-corrected chi connectivity index (χ0v) is 18.3. The van der Waals surface area contributed by atoms with Crippen molar-refractivity contribution in [2.75, 3.05) is 51.2 Å². The van der Waals surface area contributed by atoms with Crippen LogP contribution in [-0.4, -0.2) is 63.2 Å². The van der Waals surface area contributed by atoms with Gasteiger partial charge in [-0.3, -0.25) is 4.99 Å². The Morgan fingerprint density at radius 1 is 1.22 bits per heavy atom. The second kappa shape index (κ2) is 10.3. The Bertz CT molecular complexity index is 612. The highest BCUT2D eigenvalue weighted by Crippen LogP contribution is 2.25. The Balaban J connectivity index is 1.40. The number of nitrogens with one attached hydrogen (secondary N) is 2. The molecule has 0 saturated carbocycles. The fourth-order valence-corrected chi connectivity index (χ4v) is 4.54. The van der Waals surface area contributed by atoms with Crippen molar-refractivity contribution in [3.05, 3.63) is 28.7 Å². The predicted octanol–water partition coefficient (Wildman–Crippen LogP) is 3.31. The molecule has 1 aromatic rings. The minimum absolute atomic E-state index is 0.547. The molecule has 150 valence electrons. The first kappa shape index (κ1) is 20.5. The number of likely N-dealkylation sites (tertiary alicyclic amines) is 1. The summed E-state index contributed by atoms with van der Waals surface area (Å²) in [5.74, 6) is 1.62. The minimum atomic E-state index is 0.547. The molecule has 2 saturated heterocycles. The summed E-state index contributed by atoms with van der Waals surface area (Å²) in [6, 6.07) is 9.16. The number of rotatable bonds is 6. The van der Waals surface area contributed by atoms with Crippen LogP contribution in [0, 0.1) is 5.92 Å². The molecule has 0 bridgehead atoms. The summed E-state index contributed by atoms with van der Waals surface area (Å²) in [4.78, 5) is 9.50. The van der Waals surface area contributed by atoms with Gasteiger partial charge in [-0.25, -0.2) is 0 Å². The fraction of sp³-hybridized carbons (Fsp3) is 0.667. The number of nitrogens with zero attached hydrogens (tertiary/aromatic N) is 3. The van der Waals surface area contributed by atoms with Gasteiger partial charge in [0.2, 0.25) is 0 Å². The normalized spacial score (nSPS) is 22.3. The van der Waals surface area contributed by atoms with E-state index in [1.54, 1.807) is 0 Å². The van der Waals surface area contributed by atoms with Crippen LogP contribution < -0.4 is 15.5 Å². The molecule has 2 heterocycles. The molecular weight excluding hydrogens is 402 g/mol. The van der Waals surface area contributed by atoms with E-state index in [1.165, 1.54) is 51.0 Å². The lowest BCUT2D eigenvalue weighted by Crippen LogP contribution is -2.49. The summed E-state index contributed by atoms with van der Waals surface area (Å²) >= 11 is 3.58. The smallest absolute Gasteiger partial charge is 0.191 e. The second-order valence-corrected chi connectivity index (χ2v) is 8.71. The van der Waals surface area contributed by atoms with Crippen molar-refractivity contribution >= 4 is 27.6 Å². The molecule has 5 nitrogen and oxygen atoms in total. The Labute approximate surface area is 172 Å². The molecule has 2 N–H and O–H groups in total. The SMILES string of the molecule is CCCN1CCC(NC(=NC)NCC2CCN(c3cccc(Br)c3)C2)CC1. The second-order valence-electron chi connectivity index (χ2n) is 7.79. The highest BCUT2D eigenvalue weighted by molar-refractivity contribution is 9.10. The molecule has 1 unspecified atom stereocenters. The fourth-order valence-electron chi connectivity index (χ4n) is 4.15. The van der Waals surface area contributed by atoms with E-state index in [9.17, 15) is 0 Å². The average Bonchev–Trinajstić information content (AvgIpc) is 3.16. The maximum atomic E-state index is 4.45. The van der Waals surface area contributed by atoms with Crippen molar-refractivity contribution in [1.82, 2.24) is 15.5 Å². The molecule has 0 spiro atoms. The van der Waals surface area contributed by atoms with Crippen molar-refractivity contribution in [1.29, 1.82) is 0 Å². The van der Waals surface area contributed by atoms with Gasteiger partial charge in [-0.1, -0.05) is 28.9 Å². The van der Waals surface area contributed by atoms with Crippen LogP contribution in [0.5, 0.6) is 0 Å². The van der Waals surface area contributed by atoms with Gasteiger partial charge >= 0.3 is 0 Å². The van der Waals surface area contributed by atoms with E-state index in [2.05, 4.69) is 72.5 Å². The summed E-state index contributed by atoms with van der Waals surface area (Å²) in [6.45, 7) is 9.12. The number of anilines is 1. The van der Waals surface area contributed by atoms with Crippen molar-refractivity contribution in [2.45, 2.75) is 38.6 Å². The third-order valence-corrected chi connectivity index (χ3v) is 6.20. The summed E-state index contributed by atoms with van der Waals surface area (Å²) in [6.07, 6.45) is 4.90. The van der Waals surface area contributed by atoms with E-state index in [0.717, 1.165) is 30.1 Å². The van der Waals surface area contributed by atoms with Gasteiger partial charge in [-0.05, 0) is 56.3 Å². The van der Waals surface area contributed by atoms with E-state index in [4.69, 9.17) is 0 Å². The van der Waals surface area contributed by atoms with Gasteiger partial charge < -0.3 is 20.4 Å². The monoisotopic (exact) mass is 435 g/mol. The maximum absolute atomic E-state index is 4.45. The Kier molecular flexibility index (Phi) is 7.82. The van der Waals surface area contributed by atoms with Crippen molar-refractivity contribution in [2.24, 2.45) is 10.9 Å². The number of benzene rings is 1. The molecule has 27 heavy (non-hydrogen) atoms. The lowest BCUT2D eigenvalue weighted by atomic mass is 10.1. The standard InChI is InChI=1S/C21H34BrN5/c1-3-10-26-11-8-19(9-12-26)25-21(23-2)24-15-17-7-13-27(16-17)20-6-4-5-18(22)14-20/h4-6,14,17,19H,3,7-13,15-16H2,1-2H3,(H2,23,24,25). The zero-order valence-electron chi connectivity index (χ0n) is 16.8. The molecule has 2 aliphatic heterocycles. The molecule has 0 radical (unpaired) electrons. The van der Waals surface area contributed by atoms with E-state index in [-0.39, 0.29) is 0 Å². The molecule has 1 aromatic carbocycles. The highest BCUT2D eigenvalue weighted by Gasteiger charge is 2.24. The number of hydrogen-bond acceptors (Lipinski definition) is 3. The first-order valence-electron chi connectivity index (χ1n) is 10.4. The van der Waals surface area contributed by atoms with Gasteiger partial charge in [0.15, 0.2) is 5.96 Å². The lowest BCUT2D eigenvalue weighted by molar-refractivity contribution is 0.206. The minimum Gasteiger partial charge on any atom is -0.371 e. The van der Waals surface area contributed by atoms with Crippen LogP contribution >= 0.6 is 15.9 Å². The number of halogens is 1. The van der Waals surface area contributed by atoms with E-state index >= 15 is 0 Å². The first-order valence-corrected chi connectivity index (χ1v) is 11.2. The van der Waals surface area contributed by atoms with Gasteiger partial charge in [0.25, 0.3) is 0 Å². The Morgan fingerprint density at radius 2 is 2.04 bits per heavy atom. The van der Waals surface area contributed by atoms with Crippen LogP contribution in [-0.2, 0) is 0 Å². The van der Waals surface area contributed by atoms with Crippen LogP contribution in [0.3, 0.4) is 0 Å². The van der Waals surface area contributed by atoms with Crippen molar-refractivity contribution in [3.63, 3.8) is 0 Å². The number of piperidine rings is 1. The molecule has 2 fully saturated rings. The molecule has 6 heteroatoms. The predicted molar refractivity (Wildman–Crippen MR) is 119 cm³/mol. The summed E-state index contributed by atoms with van der Waals surface area (Å²) in [5.41, 5.74) is 1.31. The Hall–Kier alpha value is -1.27. The Morgan fingerprint density at radius 3 is 2.74 bits per heavy atom. The summed E-state index contributed by atoms with van der Waals surface area (Å²) < 4.78 is 1.15. The lowest BCUT2D eigenvalue weighted by Gasteiger charge is -2.33. The topological polar surface area (TPSA) is 42.9 Å². The zero-order chi connectivity index (χ0) is 19.1. The third kappa shape index (κ3) is 6.11. The summed E-state index contributed by atoms with van der Waals surface area (Å²) in [7, 11) is 1.88. The number of hydrogen-bond donors (Lipinski definition) is 2. The van der Waals surface area contributed by atoms with Gasteiger partial charge in [-0.15, -0.1) is 0 Å². The molecule has 0 aliphatic carbocycles. The van der Waals surface area contributed by atoms with Crippen LogP contribution in [0.4, 0.5) is 5.69 Å². The van der Waals surface area contributed by atoms with Gasteiger partial charge in [0.05, 0.1) is 0 Å². The van der Waals surface area contributed by atoms with Crippen LogP contribution in [0.15, 0.2) is 33.7 Å². The van der Waals surface area contributed by atoms with Crippen LogP contribution in [0.25, 0.3) is 0 Å². The molecule has 2 aliphatic rings. The third-order valence-electron chi connectivity index (χ3n) is 5.71. The molecular formula is C21H34BrN5. The van der Waals surface area contributed by atoms with Crippen LogP contribution in [0.1, 0.15) is 32.6 Å². The van der Waals surface area contributed by atoms with Crippen molar-refractivity contribution in [3.8, 4) is 0 Å². The quantitative estimate of drug-likeness (QED) is 0.531. The van der Waals surface area contributed by atoms with E-state index < -0.39 is 0 Å². The molecule has 0 amide bonds. The number of guanidine groups is 1. The van der Waals surface area contributed by atoms with Gasteiger partial charge in [-0.2, -0.15) is 0 Å². The molecule has 1 atom stereocenters. The van der Waals surface area contributed by atoms with E-state index in [0.29, 0.717) is 12.0 Å². The van der Waals surface area contributed by atoms with E-state index in [1.807, 2.05) is 7.05 Å². The maximum Gasteiger partial charge on any atom is 0.191 e. The van der Waals surface area contributed by atoms with Crippen molar-refractivity contribution < 1.29 is 0 Å². The summed E-state index contributed by atoms with van der Waals surface area (Å²) in [5, 5.41) is 7.20. The largest absolute Gasteiger partial charge is 0.371 e. The van der Waals surface area contributed by atoms with Crippen LogP contribution in [0.2, 0.25) is 0 Å². The number of aliphatic imine (C=N–C) groups is 1. The average molecular weight is 436 g/mol.